The number of benzene rings is 1. The summed E-state index contributed by atoms with van der Waals surface area (Å²) in [6.07, 6.45) is 7.94. The van der Waals surface area contributed by atoms with Crippen LogP contribution in [-0.4, -0.2) is 55.1 Å². The Morgan fingerprint density at radius 1 is 1.16 bits per heavy atom. The molecule has 0 atom stereocenters. The minimum absolute atomic E-state index is 0.0267. The van der Waals surface area contributed by atoms with Crippen LogP contribution in [0.5, 0.6) is 5.75 Å². The van der Waals surface area contributed by atoms with Gasteiger partial charge in [-0.25, -0.2) is 19.4 Å². The van der Waals surface area contributed by atoms with Crippen molar-refractivity contribution in [1.82, 2.24) is 29.5 Å². The minimum Gasteiger partial charge on any atom is -0.494 e. The SMILES string of the molecule is CCOC(=O)c1cnn(-c2cnc(NC(=O)C3CC3)cc2Nc2cccc(-c3ncn(C)n3)c2OC)c1. The maximum Gasteiger partial charge on any atom is 0.341 e. The number of hydrogen-bond donors (Lipinski definition) is 2. The molecule has 0 spiro atoms. The van der Waals surface area contributed by atoms with Crippen LogP contribution in [0.3, 0.4) is 0 Å². The van der Waals surface area contributed by atoms with Gasteiger partial charge in [-0.1, -0.05) is 6.07 Å². The summed E-state index contributed by atoms with van der Waals surface area (Å²) in [7, 11) is 3.36. The first-order valence-electron chi connectivity index (χ1n) is 11.8. The molecule has 0 saturated heterocycles. The first kappa shape index (κ1) is 24.0. The third-order valence-corrected chi connectivity index (χ3v) is 5.75. The van der Waals surface area contributed by atoms with E-state index in [0.717, 1.165) is 12.8 Å². The van der Waals surface area contributed by atoms with E-state index in [4.69, 9.17) is 9.47 Å². The fourth-order valence-corrected chi connectivity index (χ4v) is 3.79. The molecule has 1 aromatic carbocycles. The van der Waals surface area contributed by atoms with Gasteiger partial charge in [0.05, 0.1) is 48.6 Å². The van der Waals surface area contributed by atoms with Gasteiger partial charge in [0.1, 0.15) is 17.8 Å². The number of carbonyl (C=O) groups excluding carboxylic acids is 2. The van der Waals surface area contributed by atoms with Crippen LogP contribution < -0.4 is 15.4 Å². The molecular formula is C25H26N8O4. The Labute approximate surface area is 212 Å². The predicted octanol–water partition coefficient (Wildman–Crippen LogP) is 3.34. The van der Waals surface area contributed by atoms with Gasteiger partial charge in [-0.05, 0) is 31.9 Å². The van der Waals surface area contributed by atoms with Crippen molar-refractivity contribution >= 4 is 29.1 Å². The molecule has 12 nitrogen and oxygen atoms in total. The van der Waals surface area contributed by atoms with Crippen molar-refractivity contribution in [3.05, 3.63) is 54.7 Å². The topological polar surface area (TPSA) is 138 Å². The summed E-state index contributed by atoms with van der Waals surface area (Å²) in [5, 5.41) is 15.0. The lowest BCUT2D eigenvalue weighted by Crippen LogP contribution is -2.15. The average molecular weight is 503 g/mol. The van der Waals surface area contributed by atoms with E-state index in [0.29, 0.717) is 45.6 Å². The van der Waals surface area contributed by atoms with E-state index in [2.05, 4.69) is 30.8 Å². The van der Waals surface area contributed by atoms with E-state index in [1.165, 1.54) is 10.9 Å². The first-order chi connectivity index (χ1) is 18.0. The molecule has 1 aliphatic carbocycles. The number of amides is 1. The van der Waals surface area contributed by atoms with Gasteiger partial charge in [0.2, 0.25) is 5.91 Å². The number of nitrogens with one attached hydrogen (secondary N) is 2. The van der Waals surface area contributed by atoms with Crippen LogP contribution in [0.15, 0.2) is 49.2 Å². The molecule has 1 fully saturated rings. The lowest BCUT2D eigenvalue weighted by Gasteiger charge is -2.17. The zero-order valence-corrected chi connectivity index (χ0v) is 20.6. The number of methoxy groups -OCH3 is 1. The van der Waals surface area contributed by atoms with Crippen LogP contribution >= 0.6 is 0 Å². The largest absolute Gasteiger partial charge is 0.494 e. The second-order valence-corrected chi connectivity index (χ2v) is 8.50. The van der Waals surface area contributed by atoms with Crippen LogP contribution in [0.2, 0.25) is 0 Å². The van der Waals surface area contributed by atoms with Crippen molar-refractivity contribution in [3.63, 3.8) is 0 Å². The number of rotatable bonds is 9. The van der Waals surface area contributed by atoms with Crippen LogP contribution in [0, 0.1) is 5.92 Å². The quantitative estimate of drug-likeness (QED) is 0.330. The smallest absolute Gasteiger partial charge is 0.341 e. The average Bonchev–Trinajstić information content (AvgIpc) is 3.48. The lowest BCUT2D eigenvalue weighted by molar-refractivity contribution is -0.117. The van der Waals surface area contributed by atoms with Gasteiger partial charge in [-0.2, -0.15) is 10.2 Å². The van der Waals surface area contributed by atoms with Gasteiger partial charge in [0, 0.05) is 25.2 Å². The summed E-state index contributed by atoms with van der Waals surface area (Å²) >= 11 is 0. The van der Waals surface area contributed by atoms with E-state index in [1.807, 2.05) is 18.2 Å². The summed E-state index contributed by atoms with van der Waals surface area (Å²) in [5.74, 6) is 0.938. The predicted molar refractivity (Wildman–Crippen MR) is 135 cm³/mol. The number of pyridine rings is 1. The molecule has 12 heteroatoms. The number of carbonyl (C=O) groups is 2. The number of aryl methyl sites for hydroxylation is 1. The second-order valence-electron chi connectivity index (χ2n) is 8.50. The van der Waals surface area contributed by atoms with E-state index in [1.54, 1.807) is 50.6 Å². The Hall–Kier alpha value is -4.74. The highest BCUT2D eigenvalue weighted by Crippen LogP contribution is 2.38. The Balaban J connectivity index is 1.54. The summed E-state index contributed by atoms with van der Waals surface area (Å²) in [5.41, 5.74) is 2.76. The Bertz CT molecular complexity index is 1460. The van der Waals surface area contributed by atoms with Crippen LogP contribution in [0.1, 0.15) is 30.1 Å². The number of anilines is 3. The van der Waals surface area contributed by atoms with Crippen LogP contribution in [0.25, 0.3) is 17.1 Å². The van der Waals surface area contributed by atoms with Crippen molar-refractivity contribution < 1.29 is 19.1 Å². The number of nitrogens with zero attached hydrogens (tertiary/aromatic N) is 6. The molecule has 1 saturated carbocycles. The highest BCUT2D eigenvalue weighted by Gasteiger charge is 2.30. The maximum absolute atomic E-state index is 12.4. The number of para-hydroxylation sites is 1. The van der Waals surface area contributed by atoms with Gasteiger partial charge in [0.15, 0.2) is 11.6 Å². The zero-order valence-electron chi connectivity index (χ0n) is 20.6. The summed E-state index contributed by atoms with van der Waals surface area (Å²) < 4.78 is 13.9. The summed E-state index contributed by atoms with van der Waals surface area (Å²) in [6, 6.07) is 7.30. The Morgan fingerprint density at radius 2 is 2.00 bits per heavy atom. The van der Waals surface area contributed by atoms with Crippen molar-refractivity contribution in [2.75, 3.05) is 24.4 Å². The van der Waals surface area contributed by atoms with E-state index in [-0.39, 0.29) is 18.4 Å². The normalized spacial score (nSPS) is 12.7. The van der Waals surface area contributed by atoms with E-state index in [9.17, 15) is 9.59 Å². The maximum atomic E-state index is 12.4. The number of hydrogen-bond acceptors (Lipinski definition) is 9. The molecular weight excluding hydrogens is 476 g/mol. The van der Waals surface area contributed by atoms with Crippen LogP contribution in [0.4, 0.5) is 17.2 Å². The second kappa shape index (κ2) is 10.1. The minimum atomic E-state index is -0.471. The van der Waals surface area contributed by atoms with Gasteiger partial charge in [0.25, 0.3) is 0 Å². The molecule has 37 heavy (non-hydrogen) atoms. The Kier molecular flexibility index (Phi) is 6.54. The van der Waals surface area contributed by atoms with Crippen molar-refractivity contribution in [1.29, 1.82) is 0 Å². The first-order valence-corrected chi connectivity index (χ1v) is 11.8. The number of aromatic nitrogens is 6. The van der Waals surface area contributed by atoms with Gasteiger partial charge in [-0.3, -0.25) is 9.48 Å². The van der Waals surface area contributed by atoms with E-state index < -0.39 is 5.97 Å². The van der Waals surface area contributed by atoms with Crippen molar-refractivity contribution in [3.8, 4) is 22.8 Å². The van der Waals surface area contributed by atoms with E-state index >= 15 is 0 Å². The molecule has 0 radical (unpaired) electrons. The fourth-order valence-electron chi connectivity index (χ4n) is 3.79. The lowest BCUT2D eigenvalue weighted by atomic mass is 10.1. The highest BCUT2D eigenvalue weighted by atomic mass is 16.5. The molecule has 0 unspecified atom stereocenters. The summed E-state index contributed by atoms with van der Waals surface area (Å²) in [4.78, 5) is 33.3. The molecule has 2 N–H and O–H groups in total. The molecule has 1 amide bonds. The number of esters is 1. The number of ether oxygens (including phenoxy) is 2. The molecule has 1 aliphatic rings. The van der Waals surface area contributed by atoms with Crippen molar-refractivity contribution in [2.24, 2.45) is 13.0 Å². The summed E-state index contributed by atoms with van der Waals surface area (Å²) in [6.45, 7) is 2.00. The molecule has 3 aromatic heterocycles. The zero-order chi connectivity index (χ0) is 25.9. The van der Waals surface area contributed by atoms with Crippen LogP contribution in [-0.2, 0) is 16.6 Å². The molecule has 5 rings (SSSR count). The van der Waals surface area contributed by atoms with Gasteiger partial charge < -0.3 is 20.1 Å². The van der Waals surface area contributed by atoms with Gasteiger partial charge in [-0.15, -0.1) is 0 Å². The highest BCUT2D eigenvalue weighted by molar-refractivity contribution is 5.94. The third-order valence-electron chi connectivity index (χ3n) is 5.75. The fraction of sp³-hybridized carbons (Fsp3) is 0.280. The third kappa shape index (κ3) is 5.13. The monoisotopic (exact) mass is 502 g/mol. The standard InChI is InChI=1S/C25H26N8O4/c1-4-37-25(35)16-11-28-33(13-16)20-12-26-21(30-24(34)15-8-9-15)10-19(20)29-18-7-5-6-17(22(18)36-3)23-27-14-32(2)31-23/h5-7,10-15H,4,8-9H2,1-3H3,(H2,26,29,30,34). The molecule has 4 aromatic rings. The van der Waals surface area contributed by atoms with Crippen molar-refractivity contribution in [2.45, 2.75) is 19.8 Å². The molecule has 3 heterocycles. The molecule has 0 bridgehead atoms. The molecule has 190 valence electrons. The Morgan fingerprint density at radius 3 is 2.70 bits per heavy atom. The van der Waals surface area contributed by atoms with Gasteiger partial charge >= 0.3 is 5.97 Å². The molecule has 0 aliphatic heterocycles.